The van der Waals surface area contributed by atoms with Crippen LogP contribution < -0.4 is 10.6 Å². The van der Waals surface area contributed by atoms with Crippen molar-refractivity contribution in [2.45, 2.75) is 43.5 Å². The number of nitrogens with zero attached hydrogens (tertiary/aromatic N) is 1. The van der Waals surface area contributed by atoms with Crippen molar-refractivity contribution < 1.29 is 40.3 Å². The molecule has 1 saturated heterocycles. The summed E-state index contributed by atoms with van der Waals surface area (Å²) in [6.07, 6.45) is -5.62. The van der Waals surface area contributed by atoms with Gasteiger partial charge < -0.3 is 15.4 Å². The second-order valence-electron chi connectivity index (χ2n) is 10.0. The van der Waals surface area contributed by atoms with Crippen LogP contribution in [0.3, 0.4) is 0 Å². The molecule has 8 nitrogen and oxygen atoms in total. The van der Waals surface area contributed by atoms with Crippen LogP contribution in [0.2, 0.25) is 0 Å². The molecule has 0 radical (unpaired) electrons. The van der Waals surface area contributed by atoms with Gasteiger partial charge in [-0.05, 0) is 48.1 Å². The van der Waals surface area contributed by atoms with Gasteiger partial charge in [0.25, 0.3) is 5.91 Å². The SMILES string of the molecule is CC(C)C[C@H](NC(=O)c1cc2ccccc2s1)C(=O)NC[C@@H]1CN(S(=O)(=O)c2ccc(F)cc2C(F)(F)F)CCO1. The number of hydrogen-bond donors (Lipinski definition) is 2. The third-order valence-corrected chi connectivity index (χ3v) is 9.49. The molecule has 1 aromatic heterocycles. The Morgan fingerprint density at radius 1 is 1.15 bits per heavy atom. The van der Waals surface area contributed by atoms with E-state index in [2.05, 4.69) is 10.6 Å². The minimum absolute atomic E-state index is 0.0542. The van der Waals surface area contributed by atoms with Crippen LogP contribution in [0, 0.1) is 11.7 Å². The van der Waals surface area contributed by atoms with Gasteiger partial charge in [0.2, 0.25) is 15.9 Å². The molecule has 0 spiro atoms. The van der Waals surface area contributed by atoms with Crippen LogP contribution >= 0.6 is 11.3 Å². The first-order valence-electron chi connectivity index (χ1n) is 12.8. The Morgan fingerprint density at radius 2 is 1.88 bits per heavy atom. The highest BCUT2D eigenvalue weighted by Crippen LogP contribution is 2.36. The fourth-order valence-electron chi connectivity index (χ4n) is 4.49. The summed E-state index contributed by atoms with van der Waals surface area (Å²) in [5, 5.41) is 6.34. The normalized spacial score (nSPS) is 17.5. The van der Waals surface area contributed by atoms with Crippen LogP contribution in [0.1, 0.15) is 35.5 Å². The Hall–Kier alpha value is -3.07. The van der Waals surface area contributed by atoms with E-state index in [1.165, 1.54) is 11.3 Å². The molecule has 2 amide bonds. The summed E-state index contributed by atoms with van der Waals surface area (Å²) in [7, 11) is -4.66. The van der Waals surface area contributed by atoms with Crippen molar-refractivity contribution in [3.63, 3.8) is 0 Å². The number of ether oxygens (including phenoxy) is 1. The van der Waals surface area contributed by atoms with Crippen molar-refractivity contribution in [2.75, 3.05) is 26.2 Å². The molecule has 2 heterocycles. The van der Waals surface area contributed by atoms with Gasteiger partial charge in [-0.1, -0.05) is 32.0 Å². The summed E-state index contributed by atoms with van der Waals surface area (Å²) >= 11 is 1.30. The van der Waals surface area contributed by atoms with Gasteiger partial charge in [0, 0.05) is 24.3 Å². The van der Waals surface area contributed by atoms with Crippen molar-refractivity contribution in [1.82, 2.24) is 14.9 Å². The maximum Gasteiger partial charge on any atom is 0.417 e. The van der Waals surface area contributed by atoms with Gasteiger partial charge in [0.05, 0.1) is 28.0 Å². The number of thiophene rings is 1. The molecule has 0 unspecified atom stereocenters. The number of benzene rings is 2. The molecule has 1 fully saturated rings. The number of fused-ring (bicyclic) bond motifs is 1. The Morgan fingerprint density at radius 3 is 2.56 bits per heavy atom. The number of carbonyl (C=O) groups excluding carboxylic acids is 2. The van der Waals surface area contributed by atoms with Crippen molar-refractivity contribution >= 4 is 43.3 Å². The van der Waals surface area contributed by atoms with Crippen LogP contribution in [-0.4, -0.2) is 62.9 Å². The van der Waals surface area contributed by atoms with Gasteiger partial charge in [-0.3, -0.25) is 9.59 Å². The van der Waals surface area contributed by atoms with E-state index in [4.69, 9.17) is 4.74 Å². The number of morpholine rings is 1. The van der Waals surface area contributed by atoms with Crippen molar-refractivity contribution in [3.8, 4) is 0 Å². The van der Waals surface area contributed by atoms with E-state index in [0.29, 0.717) is 23.4 Å². The molecule has 2 aromatic carbocycles. The summed E-state index contributed by atoms with van der Waals surface area (Å²) in [5.41, 5.74) is -1.60. The minimum atomic E-state index is -5.09. The number of amides is 2. The van der Waals surface area contributed by atoms with Gasteiger partial charge in [-0.15, -0.1) is 11.3 Å². The topological polar surface area (TPSA) is 105 Å². The summed E-state index contributed by atoms with van der Waals surface area (Å²) < 4.78 is 87.5. The number of carbonyl (C=O) groups is 2. The number of rotatable bonds is 9. The summed E-state index contributed by atoms with van der Waals surface area (Å²) in [4.78, 5) is 25.4. The van der Waals surface area contributed by atoms with E-state index in [1.54, 1.807) is 6.07 Å². The van der Waals surface area contributed by atoms with Crippen LogP contribution in [0.5, 0.6) is 0 Å². The molecule has 3 aromatic rings. The number of hydrogen-bond acceptors (Lipinski definition) is 6. The predicted molar refractivity (Wildman–Crippen MR) is 145 cm³/mol. The number of sulfonamides is 1. The maximum atomic E-state index is 13.5. The van der Waals surface area contributed by atoms with Crippen molar-refractivity contribution in [2.24, 2.45) is 5.92 Å². The van der Waals surface area contributed by atoms with E-state index < -0.39 is 56.4 Å². The van der Waals surface area contributed by atoms with E-state index >= 15 is 0 Å². The molecule has 1 aliphatic heterocycles. The van der Waals surface area contributed by atoms with Gasteiger partial charge in [0.15, 0.2) is 0 Å². The maximum absolute atomic E-state index is 13.5. The molecular weight excluding hydrogens is 586 g/mol. The average Bonchev–Trinajstić information content (AvgIpc) is 3.35. The van der Waals surface area contributed by atoms with Gasteiger partial charge in [0.1, 0.15) is 11.9 Å². The zero-order chi connectivity index (χ0) is 29.9. The standard InChI is InChI=1S/C27H29F4N3O5S2/c1-16(2)11-21(33-26(36)23-12-17-5-3-4-6-22(17)40-23)25(35)32-14-19-15-34(9-10-39-19)41(37,38)24-8-7-18(28)13-20(24)27(29,30)31/h3-8,12-13,16,19,21H,9-11,14-15H2,1-2H3,(H,32,35)(H,33,36)/t19-,21+/m1/s1. The zero-order valence-corrected chi connectivity index (χ0v) is 23.8. The lowest BCUT2D eigenvalue weighted by atomic mass is 10.0. The molecule has 0 saturated carbocycles. The van der Waals surface area contributed by atoms with Crippen molar-refractivity contribution in [1.29, 1.82) is 0 Å². The number of nitrogens with one attached hydrogen (secondary N) is 2. The number of halogens is 4. The van der Waals surface area contributed by atoms with Crippen LogP contribution in [0.25, 0.3) is 10.1 Å². The molecular formula is C27H29F4N3O5S2. The Labute approximate surface area is 238 Å². The Bertz CT molecular complexity index is 1490. The van der Waals surface area contributed by atoms with E-state index in [1.807, 2.05) is 38.1 Å². The van der Waals surface area contributed by atoms with Gasteiger partial charge in [-0.2, -0.15) is 17.5 Å². The highest BCUT2D eigenvalue weighted by atomic mass is 32.2. The fourth-order valence-corrected chi connectivity index (χ4v) is 7.10. The first-order valence-corrected chi connectivity index (χ1v) is 15.1. The number of alkyl halides is 3. The molecule has 41 heavy (non-hydrogen) atoms. The molecule has 222 valence electrons. The van der Waals surface area contributed by atoms with Crippen molar-refractivity contribution in [3.05, 3.63) is 64.8 Å². The molecule has 14 heteroatoms. The third-order valence-electron chi connectivity index (χ3n) is 6.45. The molecule has 1 aliphatic rings. The van der Waals surface area contributed by atoms with Crippen LogP contribution in [-0.2, 0) is 25.7 Å². The molecule has 2 N–H and O–H groups in total. The van der Waals surface area contributed by atoms with Gasteiger partial charge in [-0.25, -0.2) is 12.8 Å². The second kappa shape index (κ2) is 12.4. The lowest BCUT2D eigenvalue weighted by Crippen LogP contribution is -2.53. The average molecular weight is 616 g/mol. The summed E-state index contributed by atoms with van der Waals surface area (Å²) in [5.74, 6) is -2.07. The summed E-state index contributed by atoms with van der Waals surface area (Å²) in [6, 6.07) is 9.76. The largest absolute Gasteiger partial charge is 0.417 e. The predicted octanol–water partition coefficient (Wildman–Crippen LogP) is 4.41. The van der Waals surface area contributed by atoms with Gasteiger partial charge >= 0.3 is 6.18 Å². The zero-order valence-electron chi connectivity index (χ0n) is 22.2. The quantitative estimate of drug-likeness (QED) is 0.347. The molecule has 0 bridgehead atoms. The second-order valence-corrected chi connectivity index (χ2v) is 13.0. The lowest BCUT2D eigenvalue weighted by molar-refractivity contribution is -0.140. The molecule has 2 atom stereocenters. The van der Waals surface area contributed by atoms with Crippen LogP contribution in [0.15, 0.2) is 53.4 Å². The highest BCUT2D eigenvalue weighted by molar-refractivity contribution is 7.89. The van der Waals surface area contributed by atoms with E-state index in [9.17, 15) is 35.6 Å². The highest BCUT2D eigenvalue weighted by Gasteiger charge is 2.41. The summed E-state index contributed by atoms with van der Waals surface area (Å²) in [6.45, 7) is 2.96. The van der Waals surface area contributed by atoms with E-state index in [-0.39, 0.29) is 38.2 Å². The molecule has 0 aliphatic carbocycles. The molecule has 4 rings (SSSR count). The van der Waals surface area contributed by atoms with E-state index in [0.717, 1.165) is 14.4 Å². The minimum Gasteiger partial charge on any atom is -0.374 e. The lowest BCUT2D eigenvalue weighted by Gasteiger charge is -2.33. The third kappa shape index (κ3) is 7.42. The fraction of sp³-hybridized carbons (Fsp3) is 0.407. The monoisotopic (exact) mass is 615 g/mol. The first kappa shape index (κ1) is 30.9. The van der Waals surface area contributed by atoms with Crippen LogP contribution in [0.4, 0.5) is 17.6 Å². The Kier molecular flexibility index (Phi) is 9.36. The smallest absolute Gasteiger partial charge is 0.374 e. The first-order chi connectivity index (χ1) is 19.3. The Balaban J connectivity index is 1.42.